The van der Waals surface area contributed by atoms with Gasteiger partial charge in [-0.05, 0) is 23.8 Å². The molecular weight excluding hydrogens is 308 g/mol. The molecule has 1 aromatic heterocycles. The molecule has 4 nitrogen and oxygen atoms in total. The molecule has 114 valence electrons. The molecule has 1 heterocycles. The van der Waals surface area contributed by atoms with E-state index in [1.807, 2.05) is 54.0 Å². The molecule has 3 aromatic rings. The van der Waals surface area contributed by atoms with Gasteiger partial charge in [0.25, 0.3) is 0 Å². The number of hydrogen-bond acceptors (Lipinski definition) is 4. The molecule has 0 aliphatic carbocycles. The highest BCUT2D eigenvalue weighted by Crippen LogP contribution is 2.18. The first-order valence-corrected chi connectivity index (χ1v) is 7.96. The third-order valence-electron chi connectivity index (χ3n) is 3.10. The van der Waals surface area contributed by atoms with Gasteiger partial charge < -0.3 is 10.1 Å². The summed E-state index contributed by atoms with van der Waals surface area (Å²) in [4.78, 5) is 15.8. The molecule has 0 saturated heterocycles. The standard InChI is InChI=1S/C18H14N2O2S/c21-18(22-12-15-5-2-1-3-6-15)19-10-4-7-14-8-9-17-16(11-14)20-13-23-17/h1-3,5-6,8-9,11,13H,10,12H2,(H,19,21). The Morgan fingerprint density at radius 3 is 2.96 bits per heavy atom. The molecule has 0 bridgehead atoms. The number of ether oxygens (including phenoxy) is 1. The van der Waals surface area contributed by atoms with E-state index in [9.17, 15) is 4.79 Å². The Morgan fingerprint density at radius 1 is 1.22 bits per heavy atom. The van der Waals surface area contributed by atoms with Gasteiger partial charge >= 0.3 is 6.09 Å². The van der Waals surface area contributed by atoms with Crippen LogP contribution in [0.5, 0.6) is 0 Å². The molecule has 0 saturated carbocycles. The summed E-state index contributed by atoms with van der Waals surface area (Å²) in [6.45, 7) is 0.489. The summed E-state index contributed by atoms with van der Waals surface area (Å²) in [5.41, 5.74) is 4.58. The molecule has 0 spiro atoms. The van der Waals surface area contributed by atoms with E-state index in [-0.39, 0.29) is 13.2 Å². The second-order valence-electron chi connectivity index (χ2n) is 4.75. The molecule has 1 amide bonds. The van der Waals surface area contributed by atoms with Gasteiger partial charge in [-0.2, -0.15) is 0 Å². The lowest BCUT2D eigenvalue weighted by molar-refractivity contribution is 0.141. The van der Waals surface area contributed by atoms with Gasteiger partial charge in [0.15, 0.2) is 0 Å². The predicted octanol–water partition coefficient (Wildman–Crippen LogP) is 3.57. The molecule has 0 fully saturated rings. The van der Waals surface area contributed by atoms with Gasteiger partial charge in [0, 0.05) is 5.56 Å². The summed E-state index contributed by atoms with van der Waals surface area (Å²) in [5, 5.41) is 2.61. The summed E-state index contributed by atoms with van der Waals surface area (Å²) in [6.07, 6.45) is -0.474. The van der Waals surface area contributed by atoms with E-state index < -0.39 is 6.09 Å². The van der Waals surface area contributed by atoms with Crippen molar-refractivity contribution < 1.29 is 9.53 Å². The molecule has 0 aliphatic rings. The summed E-state index contributed by atoms with van der Waals surface area (Å²) >= 11 is 1.60. The fourth-order valence-electron chi connectivity index (χ4n) is 1.97. The maximum atomic E-state index is 11.6. The van der Waals surface area contributed by atoms with Crippen molar-refractivity contribution >= 4 is 27.6 Å². The van der Waals surface area contributed by atoms with Crippen LogP contribution in [-0.2, 0) is 11.3 Å². The number of carbonyl (C=O) groups is 1. The van der Waals surface area contributed by atoms with Gasteiger partial charge in [0.1, 0.15) is 6.61 Å². The van der Waals surface area contributed by atoms with E-state index in [0.717, 1.165) is 21.3 Å². The highest BCUT2D eigenvalue weighted by atomic mass is 32.1. The van der Waals surface area contributed by atoms with Crippen molar-refractivity contribution in [3.05, 3.63) is 65.2 Å². The van der Waals surface area contributed by atoms with Crippen LogP contribution in [0.3, 0.4) is 0 Å². The number of hydrogen-bond donors (Lipinski definition) is 1. The maximum absolute atomic E-state index is 11.6. The van der Waals surface area contributed by atoms with E-state index in [4.69, 9.17) is 4.74 Å². The van der Waals surface area contributed by atoms with Crippen molar-refractivity contribution in [3.63, 3.8) is 0 Å². The third kappa shape index (κ3) is 4.31. The molecule has 2 aromatic carbocycles. The lowest BCUT2D eigenvalue weighted by atomic mass is 10.2. The second-order valence-corrected chi connectivity index (χ2v) is 5.64. The Hall–Kier alpha value is -2.84. The van der Waals surface area contributed by atoms with Gasteiger partial charge in [0.05, 0.1) is 22.3 Å². The Labute approximate surface area is 138 Å². The van der Waals surface area contributed by atoms with Crippen LogP contribution < -0.4 is 5.32 Å². The van der Waals surface area contributed by atoms with Crippen molar-refractivity contribution in [2.45, 2.75) is 6.61 Å². The average molecular weight is 322 g/mol. The SMILES string of the molecule is O=C(NCC#Cc1ccc2scnc2c1)OCc1ccccc1. The maximum Gasteiger partial charge on any atom is 0.408 e. The Kier molecular flexibility index (Phi) is 4.87. The second kappa shape index (κ2) is 7.43. The number of benzene rings is 2. The van der Waals surface area contributed by atoms with Crippen LogP contribution in [0.4, 0.5) is 4.79 Å². The van der Waals surface area contributed by atoms with Crippen molar-refractivity contribution in [2.75, 3.05) is 6.54 Å². The Bertz CT molecular complexity index is 863. The Morgan fingerprint density at radius 2 is 2.09 bits per heavy atom. The van der Waals surface area contributed by atoms with Crippen LogP contribution in [0.2, 0.25) is 0 Å². The molecular formula is C18H14N2O2S. The van der Waals surface area contributed by atoms with E-state index in [1.54, 1.807) is 11.3 Å². The number of nitrogens with one attached hydrogen (secondary N) is 1. The van der Waals surface area contributed by atoms with Crippen molar-refractivity contribution in [3.8, 4) is 11.8 Å². The predicted molar refractivity (Wildman–Crippen MR) is 91.1 cm³/mol. The van der Waals surface area contributed by atoms with Crippen LogP contribution >= 0.6 is 11.3 Å². The van der Waals surface area contributed by atoms with Crippen molar-refractivity contribution in [1.82, 2.24) is 10.3 Å². The molecule has 0 aliphatic heterocycles. The summed E-state index contributed by atoms with van der Waals surface area (Å²) < 4.78 is 6.24. The number of carbonyl (C=O) groups excluding carboxylic acids is 1. The zero-order valence-electron chi connectivity index (χ0n) is 12.3. The number of nitrogens with zero attached hydrogens (tertiary/aromatic N) is 1. The highest BCUT2D eigenvalue weighted by Gasteiger charge is 2.00. The van der Waals surface area contributed by atoms with Crippen LogP contribution in [0, 0.1) is 11.8 Å². The van der Waals surface area contributed by atoms with Gasteiger partial charge in [-0.15, -0.1) is 11.3 Å². The van der Waals surface area contributed by atoms with Gasteiger partial charge in [-0.25, -0.2) is 9.78 Å². The molecule has 0 unspecified atom stereocenters. The van der Waals surface area contributed by atoms with E-state index in [2.05, 4.69) is 22.1 Å². The largest absolute Gasteiger partial charge is 0.445 e. The van der Waals surface area contributed by atoms with E-state index in [0.29, 0.717) is 0 Å². The van der Waals surface area contributed by atoms with Crippen LogP contribution in [0.15, 0.2) is 54.0 Å². The first-order valence-electron chi connectivity index (χ1n) is 7.08. The molecule has 1 N–H and O–H groups in total. The quantitative estimate of drug-likeness (QED) is 0.750. The number of amides is 1. The molecule has 0 atom stereocenters. The first kappa shape index (κ1) is 15.1. The third-order valence-corrected chi connectivity index (χ3v) is 3.91. The van der Waals surface area contributed by atoms with Crippen molar-refractivity contribution in [1.29, 1.82) is 0 Å². The summed E-state index contributed by atoms with van der Waals surface area (Å²) in [6, 6.07) is 15.4. The number of thiazole rings is 1. The number of rotatable bonds is 3. The summed E-state index contributed by atoms with van der Waals surface area (Å²) in [7, 11) is 0. The normalized spacial score (nSPS) is 9.91. The van der Waals surface area contributed by atoms with Gasteiger partial charge in [-0.1, -0.05) is 42.2 Å². The number of aromatic nitrogens is 1. The minimum Gasteiger partial charge on any atom is -0.445 e. The molecule has 23 heavy (non-hydrogen) atoms. The minimum absolute atomic E-state index is 0.239. The highest BCUT2D eigenvalue weighted by molar-refractivity contribution is 7.16. The summed E-state index contributed by atoms with van der Waals surface area (Å²) in [5.74, 6) is 5.90. The van der Waals surface area contributed by atoms with Gasteiger partial charge in [-0.3, -0.25) is 0 Å². The number of fused-ring (bicyclic) bond motifs is 1. The topological polar surface area (TPSA) is 51.2 Å². The average Bonchev–Trinajstić information content (AvgIpc) is 3.05. The fourth-order valence-corrected chi connectivity index (χ4v) is 2.63. The van der Waals surface area contributed by atoms with Crippen LogP contribution in [0.1, 0.15) is 11.1 Å². The van der Waals surface area contributed by atoms with E-state index >= 15 is 0 Å². The zero-order chi connectivity index (χ0) is 15.9. The minimum atomic E-state index is -0.474. The van der Waals surface area contributed by atoms with Crippen LogP contribution in [0.25, 0.3) is 10.2 Å². The molecule has 5 heteroatoms. The van der Waals surface area contributed by atoms with Crippen LogP contribution in [-0.4, -0.2) is 17.6 Å². The fraction of sp³-hybridized carbons (Fsp3) is 0.111. The monoisotopic (exact) mass is 322 g/mol. The molecule has 0 radical (unpaired) electrons. The number of alkyl carbamates (subject to hydrolysis) is 1. The Balaban J connectivity index is 1.46. The smallest absolute Gasteiger partial charge is 0.408 e. The van der Waals surface area contributed by atoms with Gasteiger partial charge in [0.2, 0.25) is 0 Å². The molecule has 3 rings (SSSR count). The lowest BCUT2D eigenvalue weighted by Crippen LogP contribution is -2.24. The first-order chi connectivity index (χ1) is 11.3. The lowest BCUT2D eigenvalue weighted by Gasteiger charge is -2.04. The van der Waals surface area contributed by atoms with E-state index in [1.165, 1.54) is 0 Å². The zero-order valence-corrected chi connectivity index (χ0v) is 13.1. The van der Waals surface area contributed by atoms with Crippen molar-refractivity contribution in [2.24, 2.45) is 0 Å².